The molecule has 0 amide bonds. The number of aliphatic hydroxyl groups is 1. The van der Waals surface area contributed by atoms with Gasteiger partial charge in [-0.2, -0.15) is 0 Å². The molecule has 1 fully saturated rings. The number of hydrogen-bond acceptors (Lipinski definition) is 5. The van der Waals surface area contributed by atoms with E-state index in [-0.39, 0.29) is 30.9 Å². The van der Waals surface area contributed by atoms with Gasteiger partial charge in [0.05, 0.1) is 24.9 Å². The van der Waals surface area contributed by atoms with Gasteiger partial charge in [-0.1, -0.05) is 6.07 Å². The fourth-order valence-electron chi connectivity index (χ4n) is 2.81. The highest BCUT2D eigenvalue weighted by molar-refractivity contribution is 5.16. The summed E-state index contributed by atoms with van der Waals surface area (Å²) in [6.45, 7) is 5.58. The summed E-state index contributed by atoms with van der Waals surface area (Å²) in [7, 11) is 0. The molecular formula is C14H23N3O2. The molecule has 0 aromatic carbocycles. The molecule has 5 heteroatoms. The maximum absolute atomic E-state index is 9.32. The van der Waals surface area contributed by atoms with E-state index in [0.717, 1.165) is 12.1 Å². The summed E-state index contributed by atoms with van der Waals surface area (Å²) < 4.78 is 5.68. The molecule has 5 nitrogen and oxygen atoms in total. The first-order chi connectivity index (χ1) is 9.11. The second-order valence-electron chi connectivity index (χ2n) is 5.30. The first kappa shape index (κ1) is 14.4. The van der Waals surface area contributed by atoms with E-state index in [9.17, 15) is 5.11 Å². The molecular weight excluding hydrogens is 242 g/mol. The second-order valence-corrected chi connectivity index (χ2v) is 5.30. The van der Waals surface area contributed by atoms with Crippen molar-refractivity contribution in [3.8, 4) is 0 Å². The summed E-state index contributed by atoms with van der Waals surface area (Å²) in [6, 6.07) is 4.08. The molecule has 0 bridgehead atoms. The minimum absolute atomic E-state index is 0.00570. The van der Waals surface area contributed by atoms with Crippen LogP contribution in [0.25, 0.3) is 0 Å². The highest BCUT2D eigenvalue weighted by Gasteiger charge is 2.32. The average molecular weight is 265 g/mol. The number of morpholine rings is 1. The van der Waals surface area contributed by atoms with Gasteiger partial charge in [-0.3, -0.25) is 9.88 Å². The zero-order chi connectivity index (χ0) is 13.8. The largest absolute Gasteiger partial charge is 0.394 e. The van der Waals surface area contributed by atoms with Crippen molar-refractivity contribution in [3.63, 3.8) is 0 Å². The van der Waals surface area contributed by atoms with Crippen LogP contribution in [0.2, 0.25) is 0 Å². The van der Waals surface area contributed by atoms with Crippen molar-refractivity contribution in [1.82, 2.24) is 9.88 Å². The molecule has 1 aliphatic rings. The molecule has 4 atom stereocenters. The van der Waals surface area contributed by atoms with Crippen LogP contribution in [-0.2, 0) is 4.74 Å². The van der Waals surface area contributed by atoms with Crippen LogP contribution in [0.15, 0.2) is 24.5 Å². The van der Waals surface area contributed by atoms with E-state index >= 15 is 0 Å². The van der Waals surface area contributed by atoms with Crippen molar-refractivity contribution in [2.24, 2.45) is 5.73 Å². The number of ether oxygens (including phenoxy) is 1. The van der Waals surface area contributed by atoms with Crippen LogP contribution < -0.4 is 5.73 Å². The SMILES string of the molecule is CC1CN(C(c2cccnc2)C(C)N)CC(CO)O1. The quantitative estimate of drug-likeness (QED) is 0.832. The number of nitrogens with zero attached hydrogens (tertiary/aromatic N) is 2. The molecule has 2 heterocycles. The summed E-state index contributed by atoms with van der Waals surface area (Å²) in [5.74, 6) is 0. The van der Waals surface area contributed by atoms with E-state index in [1.165, 1.54) is 0 Å². The predicted octanol–water partition coefficient (Wildman–Crippen LogP) is 0.552. The molecule has 4 unspecified atom stereocenters. The molecule has 1 saturated heterocycles. The number of hydrogen-bond donors (Lipinski definition) is 2. The normalized spacial score (nSPS) is 28.0. The minimum atomic E-state index is -0.137. The smallest absolute Gasteiger partial charge is 0.0936 e. The van der Waals surface area contributed by atoms with E-state index < -0.39 is 0 Å². The minimum Gasteiger partial charge on any atom is -0.394 e. The third-order valence-corrected chi connectivity index (χ3v) is 3.48. The van der Waals surface area contributed by atoms with Gasteiger partial charge in [0.2, 0.25) is 0 Å². The molecule has 0 spiro atoms. The van der Waals surface area contributed by atoms with Crippen LogP contribution >= 0.6 is 0 Å². The van der Waals surface area contributed by atoms with Crippen molar-refractivity contribution in [3.05, 3.63) is 30.1 Å². The molecule has 0 aliphatic carbocycles. The number of pyridine rings is 1. The van der Waals surface area contributed by atoms with Gasteiger partial charge in [0, 0.05) is 31.5 Å². The van der Waals surface area contributed by atoms with Crippen LogP contribution in [0, 0.1) is 0 Å². The van der Waals surface area contributed by atoms with E-state index in [0.29, 0.717) is 6.54 Å². The Bertz CT molecular complexity index is 386. The first-order valence-electron chi connectivity index (χ1n) is 6.77. The summed E-state index contributed by atoms with van der Waals surface area (Å²) >= 11 is 0. The van der Waals surface area contributed by atoms with Gasteiger partial charge in [0.1, 0.15) is 0 Å². The third-order valence-electron chi connectivity index (χ3n) is 3.48. The lowest BCUT2D eigenvalue weighted by Gasteiger charge is -2.42. The van der Waals surface area contributed by atoms with Crippen molar-refractivity contribution < 1.29 is 9.84 Å². The van der Waals surface area contributed by atoms with Gasteiger partial charge in [0.25, 0.3) is 0 Å². The molecule has 2 rings (SSSR count). The van der Waals surface area contributed by atoms with Crippen molar-refractivity contribution >= 4 is 0 Å². The monoisotopic (exact) mass is 265 g/mol. The third kappa shape index (κ3) is 3.51. The topological polar surface area (TPSA) is 71.6 Å². The van der Waals surface area contributed by atoms with Gasteiger partial charge >= 0.3 is 0 Å². The Balaban J connectivity index is 2.19. The van der Waals surface area contributed by atoms with E-state index in [2.05, 4.69) is 16.0 Å². The second kappa shape index (κ2) is 6.43. The Morgan fingerprint density at radius 2 is 2.37 bits per heavy atom. The van der Waals surface area contributed by atoms with E-state index in [4.69, 9.17) is 10.5 Å². The molecule has 1 aliphatic heterocycles. The zero-order valence-electron chi connectivity index (χ0n) is 11.6. The zero-order valence-corrected chi connectivity index (χ0v) is 11.6. The summed E-state index contributed by atoms with van der Waals surface area (Å²) in [5.41, 5.74) is 7.27. The number of rotatable bonds is 4. The maximum atomic E-state index is 9.32. The van der Waals surface area contributed by atoms with Gasteiger partial charge in [-0.05, 0) is 25.5 Å². The Kier molecular flexibility index (Phi) is 4.87. The van der Waals surface area contributed by atoms with Gasteiger partial charge in [-0.15, -0.1) is 0 Å². The van der Waals surface area contributed by atoms with Gasteiger partial charge < -0.3 is 15.6 Å². The molecule has 3 N–H and O–H groups in total. The fraction of sp³-hybridized carbons (Fsp3) is 0.643. The number of aliphatic hydroxyl groups excluding tert-OH is 1. The van der Waals surface area contributed by atoms with Crippen LogP contribution in [0.3, 0.4) is 0 Å². The first-order valence-corrected chi connectivity index (χ1v) is 6.77. The Labute approximate surface area is 114 Å². The number of aromatic nitrogens is 1. The molecule has 0 saturated carbocycles. The molecule has 106 valence electrons. The molecule has 1 aromatic rings. The summed E-state index contributed by atoms with van der Waals surface area (Å²) in [6.07, 6.45) is 3.59. The molecule has 1 aromatic heterocycles. The van der Waals surface area contributed by atoms with Crippen molar-refractivity contribution in [2.75, 3.05) is 19.7 Å². The molecule has 0 radical (unpaired) electrons. The van der Waals surface area contributed by atoms with E-state index in [1.807, 2.05) is 26.1 Å². The highest BCUT2D eigenvalue weighted by atomic mass is 16.5. The van der Waals surface area contributed by atoms with Crippen LogP contribution in [0.1, 0.15) is 25.5 Å². The van der Waals surface area contributed by atoms with Crippen LogP contribution in [0.5, 0.6) is 0 Å². The number of nitrogens with two attached hydrogens (primary N) is 1. The lowest BCUT2D eigenvalue weighted by Crippen LogP contribution is -2.52. The van der Waals surface area contributed by atoms with Crippen LogP contribution in [-0.4, -0.2) is 52.9 Å². The lowest BCUT2D eigenvalue weighted by atomic mass is 9.99. The fourth-order valence-corrected chi connectivity index (χ4v) is 2.81. The maximum Gasteiger partial charge on any atom is 0.0936 e. The standard InChI is InChI=1S/C14H23N3O2/c1-10-7-17(8-13(9-18)19-10)14(11(2)15)12-4-3-5-16-6-12/h3-6,10-11,13-14,18H,7-9,15H2,1-2H3. The van der Waals surface area contributed by atoms with Gasteiger partial charge in [-0.25, -0.2) is 0 Å². The van der Waals surface area contributed by atoms with Crippen LogP contribution in [0.4, 0.5) is 0 Å². The average Bonchev–Trinajstić information content (AvgIpc) is 2.39. The lowest BCUT2D eigenvalue weighted by molar-refractivity contribution is -0.107. The Hall–Kier alpha value is -1.01. The summed E-state index contributed by atoms with van der Waals surface area (Å²) in [4.78, 5) is 6.47. The summed E-state index contributed by atoms with van der Waals surface area (Å²) in [5, 5.41) is 9.32. The van der Waals surface area contributed by atoms with Crippen molar-refractivity contribution in [1.29, 1.82) is 0 Å². The Morgan fingerprint density at radius 1 is 1.58 bits per heavy atom. The highest BCUT2D eigenvalue weighted by Crippen LogP contribution is 2.26. The Morgan fingerprint density at radius 3 is 2.95 bits per heavy atom. The predicted molar refractivity (Wildman–Crippen MR) is 73.6 cm³/mol. The van der Waals surface area contributed by atoms with Crippen molar-refractivity contribution in [2.45, 2.75) is 38.1 Å². The van der Waals surface area contributed by atoms with E-state index in [1.54, 1.807) is 6.20 Å². The molecule has 19 heavy (non-hydrogen) atoms. The van der Waals surface area contributed by atoms with Gasteiger partial charge in [0.15, 0.2) is 0 Å².